The smallest absolute Gasteiger partial charge is 0.0609 e. The van der Waals surface area contributed by atoms with Crippen LogP contribution in [-0.4, -0.2) is 11.8 Å². The summed E-state index contributed by atoms with van der Waals surface area (Å²) in [5, 5.41) is 4.29. The van der Waals surface area contributed by atoms with E-state index >= 15 is 0 Å². The second kappa shape index (κ2) is 4.74. The van der Waals surface area contributed by atoms with E-state index in [-0.39, 0.29) is 0 Å². The van der Waals surface area contributed by atoms with Gasteiger partial charge in [0.2, 0.25) is 0 Å². The highest BCUT2D eigenvalue weighted by atomic mass is 32.2. The maximum Gasteiger partial charge on any atom is 0.0609 e. The molecule has 1 nitrogen and oxygen atoms in total. The topological polar surface area (TPSA) is 12.0 Å². The minimum absolute atomic E-state index is 0.511. The van der Waals surface area contributed by atoms with Crippen molar-refractivity contribution in [3.05, 3.63) is 11.6 Å². The fourth-order valence-corrected chi connectivity index (χ4v) is 1.21. The van der Waals surface area contributed by atoms with E-state index < -0.39 is 0 Å². The van der Waals surface area contributed by atoms with Crippen LogP contribution in [0.2, 0.25) is 0 Å². The van der Waals surface area contributed by atoms with E-state index in [1.54, 1.807) is 11.8 Å². The second-order valence-corrected chi connectivity index (χ2v) is 3.51. The Bertz CT molecular complexity index is 88.9. The first-order valence-corrected chi connectivity index (χ1v) is 4.23. The third kappa shape index (κ3) is 5.77. The largest absolute Gasteiger partial charge is 0.378 e. The zero-order valence-corrected chi connectivity index (χ0v) is 7.22. The molecule has 0 rings (SSSR count). The van der Waals surface area contributed by atoms with Crippen LogP contribution in [0.5, 0.6) is 0 Å². The van der Waals surface area contributed by atoms with Crippen LogP contribution in [0.4, 0.5) is 0 Å². The SMILES string of the molecule is C=C(NC(C)C)SCC. The molecular weight excluding hydrogens is 130 g/mol. The molecule has 0 amide bonds. The lowest BCUT2D eigenvalue weighted by Crippen LogP contribution is -2.19. The van der Waals surface area contributed by atoms with Gasteiger partial charge in [0.25, 0.3) is 0 Å². The molecule has 0 aromatic carbocycles. The maximum atomic E-state index is 3.84. The molecule has 9 heavy (non-hydrogen) atoms. The molecule has 0 aromatic rings. The summed E-state index contributed by atoms with van der Waals surface area (Å²) in [7, 11) is 0. The molecule has 0 aromatic heterocycles. The van der Waals surface area contributed by atoms with Crippen LogP contribution in [0.3, 0.4) is 0 Å². The molecule has 0 atom stereocenters. The van der Waals surface area contributed by atoms with E-state index in [9.17, 15) is 0 Å². The first kappa shape index (κ1) is 8.89. The van der Waals surface area contributed by atoms with Crippen LogP contribution in [0.1, 0.15) is 20.8 Å². The van der Waals surface area contributed by atoms with Gasteiger partial charge in [0.1, 0.15) is 0 Å². The zero-order valence-electron chi connectivity index (χ0n) is 6.40. The van der Waals surface area contributed by atoms with E-state index in [2.05, 4.69) is 32.7 Å². The molecule has 0 bridgehead atoms. The third-order valence-corrected chi connectivity index (χ3v) is 1.52. The molecule has 0 unspecified atom stereocenters. The van der Waals surface area contributed by atoms with Crippen molar-refractivity contribution in [2.45, 2.75) is 26.8 Å². The average molecular weight is 145 g/mol. The summed E-state index contributed by atoms with van der Waals surface area (Å²) >= 11 is 1.75. The van der Waals surface area contributed by atoms with Crippen molar-refractivity contribution >= 4 is 11.8 Å². The van der Waals surface area contributed by atoms with Crippen molar-refractivity contribution in [2.24, 2.45) is 0 Å². The average Bonchev–Trinajstić information content (AvgIpc) is 1.63. The van der Waals surface area contributed by atoms with Crippen molar-refractivity contribution in [1.29, 1.82) is 0 Å². The number of hydrogen-bond acceptors (Lipinski definition) is 2. The summed E-state index contributed by atoms with van der Waals surface area (Å²) in [5.41, 5.74) is 0. The minimum atomic E-state index is 0.511. The quantitative estimate of drug-likeness (QED) is 0.651. The van der Waals surface area contributed by atoms with Crippen molar-refractivity contribution < 1.29 is 0 Å². The van der Waals surface area contributed by atoms with Crippen LogP contribution in [-0.2, 0) is 0 Å². The molecule has 0 aliphatic rings. The van der Waals surface area contributed by atoms with Crippen molar-refractivity contribution in [3.8, 4) is 0 Å². The van der Waals surface area contributed by atoms with Crippen LogP contribution < -0.4 is 5.32 Å². The van der Waals surface area contributed by atoms with Gasteiger partial charge in [-0.1, -0.05) is 13.5 Å². The molecule has 0 aliphatic carbocycles. The summed E-state index contributed by atoms with van der Waals surface area (Å²) in [6.45, 7) is 10.2. The molecule has 1 N–H and O–H groups in total. The number of hydrogen-bond donors (Lipinski definition) is 1. The highest BCUT2D eigenvalue weighted by Crippen LogP contribution is 2.08. The van der Waals surface area contributed by atoms with Gasteiger partial charge in [0.15, 0.2) is 0 Å². The monoisotopic (exact) mass is 145 g/mol. The molecule has 0 radical (unpaired) electrons. The Balaban J connectivity index is 3.27. The van der Waals surface area contributed by atoms with Crippen LogP contribution in [0.15, 0.2) is 11.6 Å². The fourth-order valence-electron chi connectivity index (χ4n) is 0.538. The lowest BCUT2D eigenvalue weighted by atomic mass is 10.4. The molecule has 0 heterocycles. The molecule has 0 aliphatic heterocycles. The second-order valence-electron chi connectivity index (χ2n) is 2.16. The molecule has 0 fully saturated rings. The normalized spacial score (nSPS) is 9.78. The predicted molar refractivity (Wildman–Crippen MR) is 45.5 cm³/mol. The Labute approximate surface area is 61.9 Å². The number of thioether (sulfide) groups is 1. The van der Waals surface area contributed by atoms with E-state index in [0.717, 1.165) is 10.8 Å². The molecule has 0 saturated carbocycles. The Morgan fingerprint density at radius 1 is 1.67 bits per heavy atom. The Kier molecular flexibility index (Phi) is 4.68. The molecule has 0 saturated heterocycles. The molecule has 2 heteroatoms. The van der Waals surface area contributed by atoms with Gasteiger partial charge in [-0.3, -0.25) is 0 Å². The van der Waals surface area contributed by atoms with E-state index in [1.807, 2.05) is 0 Å². The fraction of sp³-hybridized carbons (Fsp3) is 0.714. The summed E-state index contributed by atoms with van der Waals surface area (Å²) < 4.78 is 0. The van der Waals surface area contributed by atoms with Crippen molar-refractivity contribution in [3.63, 3.8) is 0 Å². The van der Waals surface area contributed by atoms with Crippen molar-refractivity contribution in [2.75, 3.05) is 5.75 Å². The molecule has 54 valence electrons. The first-order chi connectivity index (χ1) is 4.16. The predicted octanol–water partition coefficient (Wildman–Crippen LogP) is 2.21. The van der Waals surface area contributed by atoms with E-state index in [4.69, 9.17) is 0 Å². The molecular formula is C7H15NS. The zero-order chi connectivity index (χ0) is 7.28. The van der Waals surface area contributed by atoms with Gasteiger partial charge < -0.3 is 5.32 Å². The Hall–Kier alpha value is -0.110. The standard InChI is InChI=1S/C7H15NS/c1-5-9-7(4)8-6(2)3/h6,8H,4-5H2,1-3H3. The van der Waals surface area contributed by atoms with Crippen molar-refractivity contribution in [1.82, 2.24) is 5.32 Å². The first-order valence-electron chi connectivity index (χ1n) is 3.25. The van der Waals surface area contributed by atoms with Gasteiger partial charge in [0.05, 0.1) is 5.03 Å². The number of rotatable bonds is 4. The summed E-state index contributed by atoms with van der Waals surface area (Å²) in [4.78, 5) is 0. The van der Waals surface area contributed by atoms with E-state index in [0.29, 0.717) is 6.04 Å². The lowest BCUT2D eigenvalue weighted by molar-refractivity contribution is 0.696. The lowest BCUT2D eigenvalue weighted by Gasteiger charge is -2.10. The van der Waals surface area contributed by atoms with Crippen LogP contribution in [0.25, 0.3) is 0 Å². The van der Waals surface area contributed by atoms with Gasteiger partial charge in [0, 0.05) is 6.04 Å². The van der Waals surface area contributed by atoms with E-state index in [1.165, 1.54) is 0 Å². The number of nitrogens with one attached hydrogen (secondary N) is 1. The van der Waals surface area contributed by atoms with Gasteiger partial charge >= 0.3 is 0 Å². The third-order valence-electron chi connectivity index (χ3n) is 0.768. The molecule has 0 spiro atoms. The Morgan fingerprint density at radius 2 is 2.22 bits per heavy atom. The van der Waals surface area contributed by atoms with Crippen LogP contribution >= 0.6 is 11.8 Å². The highest BCUT2D eigenvalue weighted by Gasteiger charge is 1.93. The van der Waals surface area contributed by atoms with Gasteiger partial charge in [-0.2, -0.15) is 0 Å². The van der Waals surface area contributed by atoms with Gasteiger partial charge in [-0.05, 0) is 19.6 Å². The van der Waals surface area contributed by atoms with Crippen LogP contribution in [0, 0.1) is 0 Å². The van der Waals surface area contributed by atoms with Gasteiger partial charge in [-0.25, -0.2) is 0 Å². The maximum absolute atomic E-state index is 3.84. The van der Waals surface area contributed by atoms with Gasteiger partial charge in [-0.15, -0.1) is 11.8 Å². The summed E-state index contributed by atoms with van der Waals surface area (Å²) in [6, 6.07) is 0.511. The summed E-state index contributed by atoms with van der Waals surface area (Å²) in [6.07, 6.45) is 0. The minimum Gasteiger partial charge on any atom is -0.378 e. The highest BCUT2D eigenvalue weighted by molar-refractivity contribution is 8.02. The Morgan fingerprint density at radius 3 is 2.56 bits per heavy atom. The summed E-state index contributed by atoms with van der Waals surface area (Å²) in [5.74, 6) is 1.10.